The van der Waals surface area contributed by atoms with Gasteiger partial charge in [-0.15, -0.1) is 0 Å². The summed E-state index contributed by atoms with van der Waals surface area (Å²) < 4.78 is 1.71. The fraction of sp³-hybridized carbons (Fsp3) is 0.0909. The van der Waals surface area contributed by atoms with Crippen molar-refractivity contribution in [1.29, 1.82) is 0 Å². The zero-order valence-electron chi connectivity index (χ0n) is 10.2. The van der Waals surface area contributed by atoms with Gasteiger partial charge in [-0.2, -0.15) is 5.10 Å². The first-order valence-corrected chi connectivity index (χ1v) is 5.61. The number of imidazole rings is 1. The molecule has 0 radical (unpaired) electrons. The molecule has 0 spiro atoms. The zero-order valence-corrected chi connectivity index (χ0v) is 10.2. The van der Waals surface area contributed by atoms with Crippen molar-refractivity contribution in [1.82, 2.24) is 29.7 Å². The molecule has 0 aliphatic heterocycles. The third-order valence-electron chi connectivity index (χ3n) is 2.58. The maximum absolute atomic E-state index is 5.43. The normalized spacial score (nSPS) is 10.6. The number of hydrogen-bond donors (Lipinski definition) is 3. The van der Waals surface area contributed by atoms with Crippen molar-refractivity contribution in [3.63, 3.8) is 0 Å². The van der Waals surface area contributed by atoms with Gasteiger partial charge in [-0.3, -0.25) is 4.68 Å². The maximum atomic E-state index is 5.43. The minimum absolute atomic E-state index is 0.472. The van der Waals surface area contributed by atoms with Crippen LogP contribution in [0.1, 0.15) is 0 Å². The fourth-order valence-electron chi connectivity index (χ4n) is 1.72. The molecule has 3 aromatic heterocycles. The van der Waals surface area contributed by atoms with Crippen molar-refractivity contribution < 1.29 is 0 Å². The number of hydrogen-bond acceptors (Lipinski definition) is 6. The first-order valence-electron chi connectivity index (χ1n) is 5.61. The summed E-state index contributed by atoms with van der Waals surface area (Å²) in [6.07, 6.45) is 6.96. The van der Waals surface area contributed by atoms with Crippen LogP contribution in [0.3, 0.4) is 0 Å². The molecule has 0 bridgehead atoms. The predicted octanol–water partition coefficient (Wildman–Crippen LogP) is 0.553. The highest BCUT2D eigenvalue weighted by Gasteiger charge is 2.10. The molecule has 0 unspecified atom stereocenters. The van der Waals surface area contributed by atoms with E-state index in [1.165, 1.54) is 0 Å². The van der Waals surface area contributed by atoms with E-state index in [-0.39, 0.29) is 0 Å². The van der Waals surface area contributed by atoms with Crippen molar-refractivity contribution in [3.05, 3.63) is 30.9 Å². The number of hydrazine groups is 1. The second-order valence-corrected chi connectivity index (χ2v) is 3.95. The number of aromatic amines is 1. The molecule has 3 heterocycles. The Balaban J connectivity index is 2.12. The summed E-state index contributed by atoms with van der Waals surface area (Å²) >= 11 is 0. The average Bonchev–Trinajstić information content (AvgIpc) is 3.09. The van der Waals surface area contributed by atoms with E-state index in [4.69, 9.17) is 5.84 Å². The topological polar surface area (TPSA) is 110 Å². The van der Waals surface area contributed by atoms with Crippen molar-refractivity contribution in [3.8, 4) is 22.9 Å². The lowest BCUT2D eigenvalue weighted by atomic mass is 10.2. The van der Waals surface area contributed by atoms with Gasteiger partial charge in [-0.25, -0.2) is 20.8 Å². The monoisotopic (exact) mass is 256 g/mol. The van der Waals surface area contributed by atoms with Crippen LogP contribution < -0.4 is 11.3 Å². The number of nitrogens with zero attached hydrogens (tertiary/aromatic N) is 5. The molecule has 3 aromatic rings. The van der Waals surface area contributed by atoms with Gasteiger partial charge in [0.15, 0.2) is 11.6 Å². The van der Waals surface area contributed by atoms with E-state index in [1.54, 1.807) is 29.3 Å². The Hall–Kier alpha value is -2.74. The minimum Gasteiger partial charge on any atom is -0.342 e. The van der Waals surface area contributed by atoms with Crippen LogP contribution in [0, 0.1) is 0 Å². The van der Waals surface area contributed by atoms with E-state index in [0.717, 1.165) is 11.3 Å². The molecule has 0 aromatic carbocycles. The number of rotatable bonds is 3. The summed E-state index contributed by atoms with van der Waals surface area (Å²) in [5, 5.41) is 4.12. The van der Waals surface area contributed by atoms with Gasteiger partial charge < -0.3 is 10.4 Å². The fourth-order valence-corrected chi connectivity index (χ4v) is 1.72. The molecule has 0 amide bonds. The van der Waals surface area contributed by atoms with Gasteiger partial charge in [0.1, 0.15) is 5.82 Å². The smallest absolute Gasteiger partial charge is 0.198 e. The summed E-state index contributed by atoms with van der Waals surface area (Å²) in [6, 6.07) is 1.75. The highest BCUT2D eigenvalue weighted by Crippen LogP contribution is 2.21. The molecule has 96 valence electrons. The zero-order chi connectivity index (χ0) is 13.2. The number of nitrogens with two attached hydrogens (primary N) is 1. The van der Waals surface area contributed by atoms with Crippen LogP contribution in [0.2, 0.25) is 0 Å². The minimum atomic E-state index is 0.472. The highest BCUT2D eigenvalue weighted by molar-refractivity contribution is 5.64. The molecular weight excluding hydrogens is 244 g/mol. The van der Waals surface area contributed by atoms with Crippen LogP contribution in [-0.2, 0) is 7.05 Å². The van der Waals surface area contributed by atoms with E-state index < -0.39 is 0 Å². The Morgan fingerprint density at radius 3 is 2.89 bits per heavy atom. The van der Waals surface area contributed by atoms with Crippen LogP contribution in [0.4, 0.5) is 5.82 Å². The maximum Gasteiger partial charge on any atom is 0.198 e. The first-order chi connectivity index (χ1) is 9.26. The Morgan fingerprint density at radius 1 is 1.37 bits per heavy atom. The van der Waals surface area contributed by atoms with Crippen LogP contribution >= 0.6 is 0 Å². The quantitative estimate of drug-likeness (QED) is 0.466. The summed E-state index contributed by atoms with van der Waals surface area (Å²) in [5.41, 5.74) is 4.13. The molecule has 8 nitrogen and oxygen atoms in total. The Morgan fingerprint density at radius 2 is 2.26 bits per heavy atom. The Kier molecular flexibility index (Phi) is 2.69. The Bertz CT molecular complexity index is 685. The lowest BCUT2D eigenvalue weighted by Crippen LogP contribution is -2.10. The van der Waals surface area contributed by atoms with Crippen molar-refractivity contribution >= 4 is 5.82 Å². The number of aryl methyl sites for hydroxylation is 1. The number of H-pyrrole nitrogens is 1. The van der Waals surface area contributed by atoms with Gasteiger partial charge in [0.05, 0.1) is 11.9 Å². The van der Waals surface area contributed by atoms with Crippen LogP contribution in [0.5, 0.6) is 0 Å². The molecule has 0 saturated heterocycles. The van der Waals surface area contributed by atoms with Gasteiger partial charge >= 0.3 is 0 Å². The van der Waals surface area contributed by atoms with Crippen LogP contribution in [0.15, 0.2) is 30.9 Å². The van der Waals surface area contributed by atoms with Crippen LogP contribution in [0.25, 0.3) is 22.9 Å². The average molecular weight is 256 g/mol. The van der Waals surface area contributed by atoms with Gasteiger partial charge in [-0.05, 0) is 0 Å². The Labute approximate surface area is 108 Å². The third kappa shape index (κ3) is 2.16. The van der Waals surface area contributed by atoms with E-state index in [9.17, 15) is 0 Å². The molecule has 0 aliphatic carbocycles. The SMILES string of the molecule is Cn1cc(-c2cc(NN)nc(-c3ncc[nH]3)n2)cn1. The van der Waals surface area contributed by atoms with Gasteiger partial charge in [0, 0.05) is 37.3 Å². The van der Waals surface area contributed by atoms with Gasteiger partial charge in [0.25, 0.3) is 0 Å². The van der Waals surface area contributed by atoms with E-state index in [0.29, 0.717) is 17.5 Å². The van der Waals surface area contributed by atoms with Crippen molar-refractivity contribution in [2.75, 3.05) is 5.43 Å². The standard InChI is InChI=1S/C11H12N8/c1-19-6-7(5-15-19)8-4-9(18-12)17-11(16-8)10-13-2-3-14-10/h2-6H,12H2,1H3,(H,13,14)(H,16,17,18). The molecule has 0 aliphatic rings. The summed E-state index contributed by atoms with van der Waals surface area (Å²) in [7, 11) is 1.85. The molecule has 0 saturated carbocycles. The molecule has 8 heteroatoms. The summed E-state index contributed by atoms with van der Waals surface area (Å²) in [4.78, 5) is 15.8. The number of nitrogens with one attached hydrogen (secondary N) is 2. The summed E-state index contributed by atoms with van der Waals surface area (Å²) in [6.45, 7) is 0. The molecule has 0 atom stereocenters. The van der Waals surface area contributed by atoms with E-state index in [2.05, 4.69) is 30.5 Å². The third-order valence-corrected chi connectivity index (χ3v) is 2.58. The van der Waals surface area contributed by atoms with Crippen LogP contribution in [-0.4, -0.2) is 29.7 Å². The number of nitrogen functional groups attached to an aromatic ring is 1. The molecule has 3 rings (SSSR count). The predicted molar refractivity (Wildman–Crippen MR) is 69.6 cm³/mol. The number of aromatic nitrogens is 6. The largest absolute Gasteiger partial charge is 0.342 e. The van der Waals surface area contributed by atoms with Gasteiger partial charge in [0.2, 0.25) is 0 Å². The lowest BCUT2D eigenvalue weighted by molar-refractivity contribution is 0.768. The lowest BCUT2D eigenvalue weighted by Gasteiger charge is -2.04. The molecule has 4 N–H and O–H groups in total. The summed E-state index contributed by atoms with van der Waals surface area (Å²) in [5.74, 6) is 7.00. The molecule has 0 fully saturated rings. The second kappa shape index (κ2) is 4.50. The first kappa shape index (κ1) is 11.4. The van der Waals surface area contributed by atoms with Crippen molar-refractivity contribution in [2.24, 2.45) is 12.9 Å². The second-order valence-electron chi connectivity index (χ2n) is 3.95. The molecular formula is C11H12N8. The molecule has 19 heavy (non-hydrogen) atoms. The number of anilines is 1. The van der Waals surface area contributed by atoms with Gasteiger partial charge in [-0.1, -0.05) is 0 Å². The van der Waals surface area contributed by atoms with E-state index >= 15 is 0 Å². The highest BCUT2D eigenvalue weighted by atomic mass is 15.3. The van der Waals surface area contributed by atoms with E-state index in [1.807, 2.05) is 13.2 Å². The van der Waals surface area contributed by atoms with Crippen molar-refractivity contribution in [2.45, 2.75) is 0 Å².